The van der Waals surface area contributed by atoms with Crippen molar-refractivity contribution in [3.63, 3.8) is 0 Å². The Labute approximate surface area is 351 Å². The molecular weight excluding hydrogens is 749 g/mol. The third-order valence-corrected chi connectivity index (χ3v) is 11.9. The van der Waals surface area contributed by atoms with E-state index in [0.717, 1.165) is 99.7 Å². The van der Waals surface area contributed by atoms with E-state index < -0.39 is 5.63 Å². The molecule has 0 atom stereocenters. The topological polar surface area (TPSA) is 87.6 Å². The Hall–Kier alpha value is -7.83. The summed E-state index contributed by atoms with van der Waals surface area (Å²) in [5, 5.41) is 3.16. The SMILES string of the molecule is Cc1ccc(-c2c3nc(c(-c4ccc(C)cc4)c4ccc([nH]4)c4c5ccc(C)cc5c(-c5ccccc5)c5c(=O)oc(nc54)c(-c4ccc(C)cc4)c4ccc2[nH]4)C=C3)cc1. The number of benzene rings is 6. The molecule has 0 aliphatic carbocycles. The van der Waals surface area contributed by atoms with E-state index in [2.05, 4.69) is 159 Å². The fraction of sp³-hybridized carbons (Fsp3) is 0.0727. The smallest absolute Gasteiger partial charge is 0.347 e. The van der Waals surface area contributed by atoms with Gasteiger partial charge in [-0.15, -0.1) is 0 Å². The van der Waals surface area contributed by atoms with Gasteiger partial charge in [-0.25, -0.2) is 14.8 Å². The highest BCUT2D eigenvalue weighted by molar-refractivity contribution is 6.26. The van der Waals surface area contributed by atoms with Gasteiger partial charge in [0.2, 0.25) is 5.71 Å². The van der Waals surface area contributed by atoms with E-state index in [1.807, 2.05) is 36.4 Å². The van der Waals surface area contributed by atoms with E-state index in [4.69, 9.17) is 14.4 Å². The van der Waals surface area contributed by atoms with Crippen molar-refractivity contribution in [3.8, 4) is 44.5 Å². The van der Waals surface area contributed by atoms with E-state index in [9.17, 15) is 0 Å². The van der Waals surface area contributed by atoms with Crippen LogP contribution in [-0.2, 0) is 0 Å². The fourth-order valence-electron chi connectivity index (χ4n) is 8.90. The molecule has 0 amide bonds. The first kappa shape index (κ1) is 36.3. The van der Waals surface area contributed by atoms with Crippen molar-refractivity contribution in [1.29, 1.82) is 0 Å². The van der Waals surface area contributed by atoms with Gasteiger partial charge in [0.05, 0.1) is 33.4 Å². The molecular formula is C55H40N4O2. The summed E-state index contributed by atoms with van der Waals surface area (Å²) >= 11 is 0. The van der Waals surface area contributed by atoms with E-state index in [1.165, 1.54) is 11.1 Å². The van der Waals surface area contributed by atoms with Crippen LogP contribution in [0, 0.1) is 27.7 Å². The largest absolute Gasteiger partial charge is 0.403 e. The molecule has 61 heavy (non-hydrogen) atoms. The number of hydrogen-bond acceptors (Lipinski definition) is 4. The monoisotopic (exact) mass is 788 g/mol. The van der Waals surface area contributed by atoms with Gasteiger partial charge in [-0.3, -0.25) is 0 Å². The van der Waals surface area contributed by atoms with Crippen LogP contribution in [0.1, 0.15) is 33.6 Å². The third-order valence-electron chi connectivity index (χ3n) is 11.9. The lowest BCUT2D eigenvalue weighted by Gasteiger charge is -2.14. The molecule has 5 heterocycles. The summed E-state index contributed by atoms with van der Waals surface area (Å²) in [4.78, 5) is 33.6. The van der Waals surface area contributed by atoms with Crippen LogP contribution in [0.4, 0.5) is 0 Å². The molecule has 6 heteroatoms. The molecule has 1 aliphatic rings. The Bertz CT molecular complexity index is 3610. The van der Waals surface area contributed by atoms with Crippen molar-refractivity contribution in [2.45, 2.75) is 27.7 Å². The summed E-state index contributed by atoms with van der Waals surface area (Å²) < 4.78 is 6.51. The average molecular weight is 789 g/mol. The number of rotatable bonds is 4. The lowest BCUT2D eigenvalue weighted by molar-refractivity contribution is 0.555. The summed E-state index contributed by atoms with van der Waals surface area (Å²) in [5.74, 6) is 0. The van der Waals surface area contributed by atoms with Crippen molar-refractivity contribution < 1.29 is 4.42 Å². The maximum absolute atomic E-state index is 15.1. The fourth-order valence-corrected chi connectivity index (χ4v) is 8.90. The van der Waals surface area contributed by atoms with Gasteiger partial charge >= 0.3 is 5.63 Å². The van der Waals surface area contributed by atoms with Gasteiger partial charge in [-0.2, -0.15) is 0 Å². The Balaban J connectivity index is 1.41. The van der Waals surface area contributed by atoms with Gasteiger partial charge in [0, 0.05) is 38.6 Å². The molecule has 8 bridgehead atoms. The summed E-state index contributed by atoms with van der Waals surface area (Å²) in [5.41, 5.74) is 17.1. The van der Waals surface area contributed by atoms with Crippen LogP contribution in [0.25, 0.3) is 112 Å². The number of aromatic nitrogens is 4. The number of H-pyrrole nitrogens is 2. The summed E-state index contributed by atoms with van der Waals surface area (Å²) in [6.07, 6.45) is 4.22. The Kier molecular flexibility index (Phi) is 8.43. The van der Waals surface area contributed by atoms with Crippen LogP contribution in [-0.4, -0.2) is 19.9 Å². The summed E-state index contributed by atoms with van der Waals surface area (Å²) in [7, 11) is 0. The summed E-state index contributed by atoms with van der Waals surface area (Å²) in [6, 6.07) is 50.3. The number of aromatic amines is 2. The molecule has 6 nitrogen and oxygen atoms in total. The molecule has 1 aliphatic heterocycles. The van der Waals surface area contributed by atoms with E-state index in [-0.39, 0.29) is 5.71 Å². The molecule has 6 aromatic carbocycles. The van der Waals surface area contributed by atoms with Gasteiger partial charge in [0.1, 0.15) is 0 Å². The van der Waals surface area contributed by atoms with E-state index in [0.29, 0.717) is 16.5 Å². The molecule has 11 rings (SSSR count). The molecule has 0 unspecified atom stereocenters. The van der Waals surface area contributed by atoms with Crippen molar-refractivity contribution in [1.82, 2.24) is 19.9 Å². The highest BCUT2D eigenvalue weighted by Gasteiger charge is 2.22. The second-order valence-corrected chi connectivity index (χ2v) is 16.2. The molecule has 10 aromatic rings. The predicted molar refractivity (Wildman–Crippen MR) is 253 cm³/mol. The normalized spacial score (nSPS) is 11.9. The Morgan fingerprint density at radius 1 is 0.426 bits per heavy atom. The Morgan fingerprint density at radius 2 is 0.902 bits per heavy atom. The van der Waals surface area contributed by atoms with Gasteiger partial charge in [-0.1, -0.05) is 144 Å². The van der Waals surface area contributed by atoms with E-state index >= 15 is 4.79 Å². The van der Waals surface area contributed by atoms with Crippen molar-refractivity contribution in [2.24, 2.45) is 0 Å². The first-order valence-corrected chi connectivity index (χ1v) is 20.6. The molecule has 0 radical (unpaired) electrons. The average Bonchev–Trinajstić information content (AvgIpc) is 4.06. The van der Waals surface area contributed by atoms with Gasteiger partial charge in [0.25, 0.3) is 0 Å². The van der Waals surface area contributed by atoms with Crippen molar-refractivity contribution in [2.75, 3.05) is 0 Å². The molecule has 0 saturated heterocycles. The first-order chi connectivity index (χ1) is 29.8. The highest BCUT2D eigenvalue weighted by Crippen LogP contribution is 2.42. The van der Waals surface area contributed by atoms with E-state index in [1.54, 1.807) is 0 Å². The minimum Gasteiger partial charge on any atom is -0.403 e. The van der Waals surface area contributed by atoms with Crippen molar-refractivity contribution >= 4 is 67.0 Å². The summed E-state index contributed by atoms with van der Waals surface area (Å²) in [6.45, 7) is 8.34. The minimum absolute atomic E-state index is 0.220. The van der Waals surface area contributed by atoms with Gasteiger partial charge < -0.3 is 14.4 Å². The minimum atomic E-state index is -0.459. The molecule has 2 N–H and O–H groups in total. The molecule has 0 fully saturated rings. The number of hydrogen-bond donors (Lipinski definition) is 2. The molecule has 0 saturated carbocycles. The zero-order chi connectivity index (χ0) is 41.4. The first-order valence-electron chi connectivity index (χ1n) is 20.6. The Morgan fingerprint density at radius 3 is 1.48 bits per heavy atom. The second-order valence-electron chi connectivity index (χ2n) is 16.2. The maximum atomic E-state index is 15.1. The predicted octanol–water partition coefficient (Wildman–Crippen LogP) is 13.9. The van der Waals surface area contributed by atoms with Crippen LogP contribution in [0.2, 0.25) is 0 Å². The standard InChI is InChI=1S/C55H40N4O2/c1-31-10-17-36(18-11-31)48-41-24-25-42(56-41)49(37-19-12-32(2)13-20-37)44-27-29-46(58-44)51-39-23-16-34(4)30-40(39)47(35-8-6-5-7-9-35)52-53(51)59-54(61-55(52)60)50(45-28-26-43(48)57-45)38-21-14-33(3)15-22-38/h5-30,57-58H,1-4H3. The number of aryl methyl sites for hydroxylation is 4. The lowest BCUT2D eigenvalue weighted by Crippen LogP contribution is -2.05. The van der Waals surface area contributed by atoms with Crippen LogP contribution >= 0.6 is 0 Å². The zero-order valence-electron chi connectivity index (χ0n) is 34.2. The number of fused-ring (bicyclic) bond motifs is 10. The number of nitrogens with zero attached hydrogens (tertiary/aromatic N) is 2. The zero-order valence-corrected chi connectivity index (χ0v) is 34.2. The van der Waals surface area contributed by atoms with Crippen LogP contribution in [0.15, 0.2) is 155 Å². The molecule has 4 aromatic heterocycles. The van der Waals surface area contributed by atoms with Crippen LogP contribution in [0.5, 0.6) is 0 Å². The molecule has 0 spiro atoms. The maximum Gasteiger partial charge on any atom is 0.347 e. The van der Waals surface area contributed by atoms with Gasteiger partial charge in [0.15, 0.2) is 0 Å². The molecule has 292 valence electrons. The lowest BCUT2D eigenvalue weighted by atomic mass is 9.91. The van der Waals surface area contributed by atoms with Crippen molar-refractivity contribution in [3.05, 3.63) is 190 Å². The third kappa shape index (κ3) is 6.15. The second kappa shape index (κ2) is 14.2. The van der Waals surface area contributed by atoms with Crippen LogP contribution in [0.3, 0.4) is 0 Å². The van der Waals surface area contributed by atoms with Crippen LogP contribution < -0.4 is 5.63 Å². The quantitative estimate of drug-likeness (QED) is 0.174. The highest BCUT2D eigenvalue weighted by atomic mass is 16.4. The number of nitrogens with one attached hydrogen (secondary N) is 2. The van der Waals surface area contributed by atoms with Gasteiger partial charge in [-0.05, 0) is 97.1 Å².